The average Bonchev–Trinajstić information content (AvgIpc) is 2.57. The highest BCUT2D eigenvalue weighted by atomic mass is 16.5. The van der Waals surface area contributed by atoms with E-state index >= 15 is 0 Å². The summed E-state index contributed by atoms with van der Waals surface area (Å²) >= 11 is 0. The molecular formula is C18H25N3O4. The molecule has 1 aliphatic carbocycles. The lowest BCUT2D eigenvalue weighted by molar-refractivity contribution is -0.122. The lowest BCUT2D eigenvalue weighted by atomic mass is 9.78. The number of benzene rings is 1. The Hall–Kier alpha value is -2.57. The number of urea groups is 1. The molecule has 0 spiro atoms. The predicted molar refractivity (Wildman–Crippen MR) is 93.1 cm³/mol. The maximum atomic E-state index is 12.0. The minimum atomic E-state index is -0.644. The third kappa shape index (κ3) is 5.20. The first-order chi connectivity index (χ1) is 11.9. The number of amides is 4. The van der Waals surface area contributed by atoms with Gasteiger partial charge in [0.2, 0.25) is 0 Å². The highest BCUT2D eigenvalue weighted by molar-refractivity contribution is 5.96. The highest BCUT2D eigenvalue weighted by Crippen LogP contribution is 2.29. The van der Waals surface area contributed by atoms with Gasteiger partial charge in [-0.1, -0.05) is 38.8 Å². The zero-order chi connectivity index (χ0) is 18.4. The van der Waals surface area contributed by atoms with Gasteiger partial charge in [0.15, 0.2) is 6.61 Å². The monoisotopic (exact) mass is 347 g/mol. The summed E-state index contributed by atoms with van der Waals surface area (Å²) in [4.78, 5) is 35.2. The van der Waals surface area contributed by atoms with E-state index in [0.717, 1.165) is 19.3 Å². The smallest absolute Gasteiger partial charge is 0.321 e. The van der Waals surface area contributed by atoms with Crippen molar-refractivity contribution in [2.45, 2.75) is 39.2 Å². The van der Waals surface area contributed by atoms with Crippen molar-refractivity contribution in [1.29, 1.82) is 0 Å². The minimum Gasteiger partial charge on any atom is -0.483 e. The summed E-state index contributed by atoms with van der Waals surface area (Å²) in [6.45, 7) is 3.90. The molecule has 0 bridgehead atoms. The predicted octanol–water partition coefficient (Wildman–Crippen LogP) is 1.81. The third-order valence-corrected chi connectivity index (χ3v) is 4.79. The van der Waals surface area contributed by atoms with Gasteiger partial charge in [0.25, 0.3) is 11.8 Å². The molecule has 2 rings (SSSR count). The Labute approximate surface area is 147 Å². The number of carbonyl (C=O) groups excluding carboxylic acids is 3. The molecule has 0 aromatic heterocycles. The van der Waals surface area contributed by atoms with Crippen LogP contribution in [-0.2, 0) is 4.79 Å². The van der Waals surface area contributed by atoms with E-state index in [2.05, 4.69) is 24.5 Å². The maximum absolute atomic E-state index is 12.0. The van der Waals surface area contributed by atoms with Crippen LogP contribution in [0.25, 0.3) is 0 Å². The number of carbonyl (C=O) groups is 3. The first kappa shape index (κ1) is 18.8. The third-order valence-electron chi connectivity index (χ3n) is 4.79. The number of rotatable bonds is 5. The molecule has 1 aromatic rings. The van der Waals surface area contributed by atoms with Crippen LogP contribution in [0, 0.1) is 11.8 Å². The van der Waals surface area contributed by atoms with Crippen molar-refractivity contribution in [2.24, 2.45) is 17.6 Å². The van der Waals surface area contributed by atoms with E-state index in [4.69, 9.17) is 10.5 Å². The molecule has 0 aliphatic heterocycles. The van der Waals surface area contributed by atoms with Crippen molar-refractivity contribution in [3.05, 3.63) is 29.8 Å². The van der Waals surface area contributed by atoms with Gasteiger partial charge >= 0.3 is 6.03 Å². The molecule has 1 saturated carbocycles. The van der Waals surface area contributed by atoms with E-state index in [9.17, 15) is 14.4 Å². The zero-order valence-corrected chi connectivity index (χ0v) is 14.6. The standard InChI is InChI=1S/C18H25N3O4/c1-11-6-5-8-14(12(11)2)20-18(24)21-16(22)10-25-15-9-4-3-7-13(15)17(19)23/h3-4,7,9,11-12,14H,5-6,8,10H2,1-2H3,(H2,19,23)(H2,20,21,22,24)/t11-,12+,14+/m1/s1. The number of ether oxygens (including phenoxy) is 1. The van der Waals surface area contributed by atoms with Gasteiger partial charge in [-0.15, -0.1) is 0 Å². The van der Waals surface area contributed by atoms with E-state index in [1.165, 1.54) is 6.07 Å². The lowest BCUT2D eigenvalue weighted by Gasteiger charge is -2.34. The van der Waals surface area contributed by atoms with Gasteiger partial charge in [-0.25, -0.2) is 4.79 Å². The molecule has 1 aromatic carbocycles. The number of imide groups is 1. The number of hydrogen-bond acceptors (Lipinski definition) is 4. The van der Waals surface area contributed by atoms with Crippen LogP contribution in [0.15, 0.2) is 24.3 Å². The fourth-order valence-electron chi connectivity index (χ4n) is 3.09. The van der Waals surface area contributed by atoms with Gasteiger partial charge in [0, 0.05) is 6.04 Å². The van der Waals surface area contributed by atoms with Crippen LogP contribution in [0.4, 0.5) is 4.79 Å². The van der Waals surface area contributed by atoms with Gasteiger partial charge in [0.05, 0.1) is 5.56 Å². The first-order valence-corrected chi connectivity index (χ1v) is 8.50. The molecule has 3 atom stereocenters. The van der Waals surface area contributed by atoms with Crippen LogP contribution in [0.5, 0.6) is 5.75 Å². The Balaban J connectivity index is 1.82. The van der Waals surface area contributed by atoms with Crippen molar-refractivity contribution in [2.75, 3.05) is 6.61 Å². The fourth-order valence-corrected chi connectivity index (χ4v) is 3.09. The number of hydrogen-bond donors (Lipinski definition) is 3. The van der Waals surface area contributed by atoms with Crippen LogP contribution in [-0.4, -0.2) is 30.5 Å². The summed E-state index contributed by atoms with van der Waals surface area (Å²) < 4.78 is 5.30. The largest absolute Gasteiger partial charge is 0.483 e. The van der Waals surface area contributed by atoms with Gasteiger partial charge in [-0.05, 0) is 30.4 Å². The molecule has 7 heteroatoms. The van der Waals surface area contributed by atoms with Crippen LogP contribution >= 0.6 is 0 Å². The van der Waals surface area contributed by atoms with Gasteiger partial charge < -0.3 is 15.8 Å². The minimum absolute atomic E-state index is 0.0630. The first-order valence-electron chi connectivity index (χ1n) is 8.50. The van der Waals surface area contributed by atoms with E-state index < -0.39 is 17.8 Å². The molecule has 4 N–H and O–H groups in total. The zero-order valence-electron chi connectivity index (χ0n) is 14.6. The van der Waals surface area contributed by atoms with Crippen molar-refractivity contribution < 1.29 is 19.1 Å². The van der Waals surface area contributed by atoms with Crippen molar-refractivity contribution in [3.8, 4) is 5.75 Å². The summed E-state index contributed by atoms with van der Waals surface area (Å²) in [6.07, 6.45) is 3.14. The molecule has 4 amide bonds. The summed E-state index contributed by atoms with van der Waals surface area (Å²) in [5.41, 5.74) is 5.43. The molecular weight excluding hydrogens is 322 g/mol. The topological polar surface area (TPSA) is 111 Å². The SMILES string of the molecule is C[C@H]1[C@H](C)CCC[C@@H]1NC(=O)NC(=O)COc1ccccc1C(N)=O. The van der Waals surface area contributed by atoms with E-state index in [1.807, 2.05) is 0 Å². The van der Waals surface area contributed by atoms with Gasteiger partial charge in [-0.2, -0.15) is 0 Å². The summed E-state index contributed by atoms with van der Waals surface area (Å²) in [6, 6.07) is 5.90. The van der Waals surface area contributed by atoms with Crippen LogP contribution in [0.2, 0.25) is 0 Å². The molecule has 0 saturated heterocycles. The van der Waals surface area contributed by atoms with E-state index in [-0.39, 0.29) is 24.0 Å². The Morgan fingerprint density at radius 1 is 1.20 bits per heavy atom. The second kappa shape index (κ2) is 8.50. The summed E-state index contributed by atoms with van der Waals surface area (Å²) in [7, 11) is 0. The fraction of sp³-hybridized carbons (Fsp3) is 0.500. The number of para-hydroxylation sites is 1. The van der Waals surface area contributed by atoms with Crippen LogP contribution < -0.4 is 21.1 Å². The Morgan fingerprint density at radius 2 is 1.92 bits per heavy atom. The average molecular weight is 347 g/mol. The Morgan fingerprint density at radius 3 is 2.64 bits per heavy atom. The van der Waals surface area contributed by atoms with Gasteiger partial charge in [-0.3, -0.25) is 14.9 Å². The Bertz CT molecular complexity index is 647. The molecule has 7 nitrogen and oxygen atoms in total. The molecule has 136 valence electrons. The molecule has 1 aliphatic rings. The highest BCUT2D eigenvalue weighted by Gasteiger charge is 2.28. The van der Waals surface area contributed by atoms with Crippen LogP contribution in [0.3, 0.4) is 0 Å². The molecule has 25 heavy (non-hydrogen) atoms. The lowest BCUT2D eigenvalue weighted by Crippen LogP contribution is -2.50. The van der Waals surface area contributed by atoms with Crippen molar-refractivity contribution in [1.82, 2.24) is 10.6 Å². The number of primary amides is 1. The van der Waals surface area contributed by atoms with Gasteiger partial charge in [0.1, 0.15) is 5.75 Å². The van der Waals surface area contributed by atoms with E-state index in [1.54, 1.807) is 18.2 Å². The molecule has 0 heterocycles. The van der Waals surface area contributed by atoms with Crippen molar-refractivity contribution >= 4 is 17.8 Å². The number of nitrogens with one attached hydrogen (secondary N) is 2. The molecule has 1 fully saturated rings. The second-order valence-corrected chi connectivity index (χ2v) is 6.54. The summed E-state index contributed by atoms with van der Waals surface area (Å²) in [5.74, 6) is -0.112. The molecule has 0 radical (unpaired) electrons. The second-order valence-electron chi connectivity index (χ2n) is 6.54. The Kier molecular flexibility index (Phi) is 6.38. The normalized spacial score (nSPS) is 22.7. The summed E-state index contributed by atoms with van der Waals surface area (Å²) in [5, 5.41) is 5.11. The molecule has 0 unspecified atom stereocenters. The quantitative estimate of drug-likeness (QED) is 0.754. The maximum Gasteiger partial charge on any atom is 0.321 e. The van der Waals surface area contributed by atoms with E-state index in [0.29, 0.717) is 11.8 Å². The van der Waals surface area contributed by atoms with Crippen LogP contribution in [0.1, 0.15) is 43.5 Å². The van der Waals surface area contributed by atoms with Crippen molar-refractivity contribution in [3.63, 3.8) is 0 Å². The number of nitrogens with two attached hydrogens (primary N) is 1.